The van der Waals surface area contributed by atoms with Crippen LogP contribution in [0, 0.1) is 6.92 Å². The van der Waals surface area contributed by atoms with Crippen LogP contribution in [0.5, 0.6) is 0 Å². The molecule has 0 radical (unpaired) electrons. The minimum atomic E-state index is -0.276. The van der Waals surface area contributed by atoms with E-state index in [1.165, 1.54) is 0 Å². The molecule has 1 aliphatic heterocycles. The second-order valence-corrected chi connectivity index (χ2v) is 6.02. The normalized spacial score (nSPS) is 19.1. The molecule has 1 N–H and O–H groups in total. The van der Waals surface area contributed by atoms with Gasteiger partial charge in [0.15, 0.2) is 0 Å². The van der Waals surface area contributed by atoms with E-state index in [1.54, 1.807) is 6.20 Å². The third-order valence-electron chi connectivity index (χ3n) is 4.09. The maximum atomic E-state index is 12.2. The van der Waals surface area contributed by atoms with E-state index in [9.17, 15) is 4.79 Å². The Morgan fingerprint density at radius 2 is 2.30 bits per heavy atom. The molecule has 7 nitrogen and oxygen atoms in total. The Bertz CT molecular complexity index is 697. The van der Waals surface area contributed by atoms with Crippen LogP contribution >= 0.6 is 0 Å². The first-order valence-electron chi connectivity index (χ1n) is 7.84. The summed E-state index contributed by atoms with van der Waals surface area (Å²) in [5.41, 5.74) is 1.69. The lowest BCUT2D eigenvalue weighted by molar-refractivity contribution is -0.130. The second kappa shape index (κ2) is 6.45. The van der Waals surface area contributed by atoms with Gasteiger partial charge in [-0.05, 0) is 32.4 Å². The van der Waals surface area contributed by atoms with Gasteiger partial charge in [0, 0.05) is 25.3 Å². The molecular weight excluding hydrogens is 294 g/mol. The highest BCUT2D eigenvalue weighted by Crippen LogP contribution is 2.19. The zero-order chi connectivity index (χ0) is 16.4. The molecule has 2 aromatic heterocycles. The predicted molar refractivity (Wildman–Crippen MR) is 84.6 cm³/mol. The molecule has 0 spiro atoms. The van der Waals surface area contributed by atoms with Crippen LogP contribution in [0.4, 0.5) is 0 Å². The van der Waals surface area contributed by atoms with Crippen LogP contribution in [0.2, 0.25) is 0 Å². The summed E-state index contributed by atoms with van der Waals surface area (Å²) in [5, 5.41) is 6.91. The molecule has 0 aliphatic carbocycles. The summed E-state index contributed by atoms with van der Waals surface area (Å²) in [5.74, 6) is 0.932. The topological polar surface area (TPSA) is 84.1 Å². The standard InChI is InChI=1S/C16H21N5O2/c1-10(2)21-8-7-18-16(22)12(21)9-13-19-15(20-23-13)14-11(3)5-4-6-17-14/h4-6,10,12H,7-9H2,1-3H3,(H,18,22)/t12-/m0/s1. The molecule has 1 aliphatic rings. The molecule has 3 heterocycles. The summed E-state index contributed by atoms with van der Waals surface area (Å²) in [7, 11) is 0. The summed E-state index contributed by atoms with van der Waals surface area (Å²) < 4.78 is 5.35. The Balaban J connectivity index is 1.80. The third-order valence-corrected chi connectivity index (χ3v) is 4.09. The van der Waals surface area contributed by atoms with Gasteiger partial charge in [0.2, 0.25) is 17.6 Å². The van der Waals surface area contributed by atoms with Crippen molar-refractivity contribution in [1.29, 1.82) is 0 Å². The van der Waals surface area contributed by atoms with E-state index in [4.69, 9.17) is 4.52 Å². The van der Waals surface area contributed by atoms with Crippen molar-refractivity contribution in [2.45, 2.75) is 39.3 Å². The van der Waals surface area contributed by atoms with Crippen LogP contribution < -0.4 is 5.32 Å². The molecule has 1 fully saturated rings. The van der Waals surface area contributed by atoms with Crippen LogP contribution in [0.3, 0.4) is 0 Å². The summed E-state index contributed by atoms with van der Waals surface area (Å²) in [6.07, 6.45) is 2.11. The van der Waals surface area contributed by atoms with Crippen LogP contribution in [0.1, 0.15) is 25.3 Å². The third kappa shape index (κ3) is 3.24. The lowest BCUT2D eigenvalue weighted by atomic mass is 10.1. The SMILES string of the molecule is Cc1cccnc1-c1noc(C[C@H]2C(=O)NCCN2C(C)C)n1. The number of amides is 1. The largest absolute Gasteiger partial charge is 0.353 e. The first kappa shape index (κ1) is 15.6. The molecule has 1 amide bonds. The van der Waals surface area contributed by atoms with Gasteiger partial charge in [0.1, 0.15) is 5.69 Å². The summed E-state index contributed by atoms with van der Waals surface area (Å²) in [6, 6.07) is 3.83. The van der Waals surface area contributed by atoms with Gasteiger partial charge in [-0.2, -0.15) is 4.98 Å². The van der Waals surface area contributed by atoms with E-state index >= 15 is 0 Å². The molecule has 23 heavy (non-hydrogen) atoms. The Morgan fingerprint density at radius 1 is 1.48 bits per heavy atom. The summed E-state index contributed by atoms with van der Waals surface area (Å²) in [6.45, 7) is 7.63. The minimum absolute atomic E-state index is 0.0127. The van der Waals surface area contributed by atoms with Gasteiger partial charge in [-0.25, -0.2) is 0 Å². The van der Waals surface area contributed by atoms with Gasteiger partial charge in [-0.1, -0.05) is 11.2 Å². The molecule has 7 heteroatoms. The van der Waals surface area contributed by atoms with Gasteiger partial charge in [-0.3, -0.25) is 14.7 Å². The van der Waals surface area contributed by atoms with Gasteiger partial charge < -0.3 is 9.84 Å². The van der Waals surface area contributed by atoms with Crippen molar-refractivity contribution >= 4 is 5.91 Å². The van der Waals surface area contributed by atoms with Crippen LogP contribution in [0.15, 0.2) is 22.9 Å². The number of hydrogen-bond acceptors (Lipinski definition) is 6. The molecule has 1 atom stereocenters. The van der Waals surface area contributed by atoms with Crippen LogP contribution in [0.25, 0.3) is 11.5 Å². The van der Waals surface area contributed by atoms with E-state index in [1.807, 2.05) is 19.1 Å². The highest BCUT2D eigenvalue weighted by Gasteiger charge is 2.33. The van der Waals surface area contributed by atoms with Crippen molar-refractivity contribution in [3.05, 3.63) is 29.8 Å². The van der Waals surface area contributed by atoms with Crippen molar-refractivity contribution in [2.75, 3.05) is 13.1 Å². The smallest absolute Gasteiger partial charge is 0.237 e. The Hall–Kier alpha value is -2.28. The Kier molecular flexibility index (Phi) is 4.38. The van der Waals surface area contributed by atoms with E-state index in [2.05, 4.69) is 39.2 Å². The highest BCUT2D eigenvalue weighted by atomic mass is 16.5. The Morgan fingerprint density at radius 3 is 3.04 bits per heavy atom. The maximum Gasteiger partial charge on any atom is 0.237 e. The molecule has 0 aromatic carbocycles. The van der Waals surface area contributed by atoms with Crippen LogP contribution in [-0.4, -0.2) is 51.1 Å². The summed E-state index contributed by atoms with van der Waals surface area (Å²) in [4.78, 5) is 23.1. The van der Waals surface area contributed by atoms with Crippen LogP contribution in [-0.2, 0) is 11.2 Å². The number of carbonyl (C=O) groups excluding carboxylic acids is 1. The van der Waals surface area contributed by atoms with E-state index < -0.39 is 0 Å². The molecule has 0 saturated carbocycles. The summed E-state index contributed by atoms with van der Waals surface area (Å²) >= 11 is 0. The molecule has 0 bridgehead atoms. The monoisotopic (exact) mass is 315 g/mol. The number of nitrogens with one attached hydrogen (secondary N) is 1. The lowest BCUT2D eigenvalue weighted by Gasteiger charge is -2.37. The number of rotatable bonds is 4. The minimum Gasteiger partial charge on any atom is -0.353 e. The molecular formula is C16H21N5O2. The maximum absolute atomic E-state index is 12.2. The van der Waals surface area contributed by atoms with E-state index in [0.717, 1.165) is 12.1 Å². The van der Waals surface area contributed by atoms with E-state index in [-0.39, 0.29) is 18.0 Å². The second-order valence-electron chi connectivity index (χ2n) is 6.02. The van der Waals surface area contributed by atoms with Gasteiger partial charge >= 0.3 is 0 Å². The predicted octanol–water partition coefficient (Wildman–Crippen LogP) is 1.19. The quantitative estimate of drug-likeness (QED) is 0.912. The van der Waals surface area contributed by atoms with Gasteiger partial charge in [0.25, 0.3) is 0 Å². The van der Waals surface area contributed by atoms with E-state index in [0.29, 0.717) is 30.4 Å². The molecule has 122 valence electrons. The van der Waals surface area contributed by atoms with Crippen molar-refractivity contribution in [3.8, 4) is 11.5 Å². The van der Waals surface area contributed by atoms with Crippen molar-refractivity contribution in [1.82, 2.24) is 25.3 Å². The number of nitrogens with zero attached hydrogens (tertiary/aromatic N) is 4. The van der Waals surface area contributed by atoms with Gasteiger partial charge in [0.05, 0.1) is 12.5 Å². The number of pyridine rings is 1. The number of piperazine rings is 1. The fourth-order valence-corrected chi connectivity index (χ4v) is 2.88. The lowest BCUT2D eigenvalue weighted by Crippen LogP contribution is -2.58. The molecule has 1 saturated heterocycles. The van der Waals surface area contributed by atoms with Crippen molar-refractivity contribution < 1.29 is 9.32 Å². The molecule has 3 rings (SSSR count). The fraction of sp³-hybridized carbons (Fsp3) is 0.500. The first-order chi connectivity index (χ1) is 11.1. The van der Waals surface area contributed by atoms with Crippen molar-refractivity contribution in [2.24, 2.45) is 0 Å². The zero-order valence-electron chi connectivity index (χ0n) is 13.6. The highest BCUT2D eigenvalue weighted by molar-refractivity contribution is 5.82. The molecule has 0 unspecified atom stereocenters. The first-order valence-corrected chi connectivity index (χ1v) is 7.84. The Labute approximate surface area is 135 Å². The zero-order valence-corrected chi connectivity index (χ0v) is 13.6. The number of hydrogen-bond donors (Lipinski definition) is 1. The van der Waals surface area contributed by atoms with Gasteiger partial charge in [-0.15, -0.1) is 0 Å². The average Bonchev–Trinajstić information content (AvgIpc) is 2.98. The number of aryl methyl sites for hydroxylation is 1. The molecule has 2 aromatic rings. The number of aromatic nitrogens is 3. The fourth-order valence-electron chi connectivity index (χ4n) is 2.88. The van der Waals surface area contributed by atoms with Crippen molar-refractivity contribution in [3.63, 3.8) is 0 Å². The number of carbonyl (C=O) groups is 1. The average molecular weight is 315 g/mol.